The van der Waals surface area contributed by atoms with Crippen molar-refractivity contribution in [2.75, 3.05) is 19.8 Å². The van der Waals surface area contributed by atoms with Gasteiger partial charge in [-0.15, -0.1) is 0 Å². The summed E-state index contributed by atoms with van der Waals surface area (Å²) in [4.78, 5) is 23.6. The van der Waals surface area contributed by atoms with Crippen LogP contribution in [0.4, 0.5) is 0 Å². The normalized spacial score (nSPS) is 22.6. The van der Waals surface area contributed by atoms with Crippen LogP contribution in [0, 0.1) is 0 Å². The van der Waals surface area contributed by atoms with Crippen LogP contribution in [0.5, 0.6) is 0 Å². The molecule has 0 spiro atoms. The number of hydrogen-bond acceptors (Lipinski definition) is 4. The van der Waals surface area contributed by atoms with E-state index in [2.05, 4.69) is 0 Å². The highest BCUT2D eigenvalue weighted by Crippen LogP contribution is 2.31. The zero-order valence-corrected chi connectivity index (χ0v) is 10.2. The number of carbonyl (C=O) groups excluding carboxylic acids is 2. The van der Waals surface area contributed by atoms with Gasteiger partial charge in [-0.05, 0) is 12.8 Å². The Hall–Kier alpha value is -1.46. The number of aliphatic hydroxyl groups is 1. The molecule has 0 bridgehead atoms. The van der Waals surface area contributed by atoms with Crippen molar-refractivity contribution < 1.29 is 19.4 Å². The number of rotatable bonds is 6. The first-order valence-corrected chi connectivity index (χ1v) is 6.15. The molecule has 1 aliphatic carbocycles. The summed E-state index contributed by atoms with van der Waals surface area (Å²) in [5.41, 5.74) is 1.44. The van der Waals surface area contributed by atoms with Crippen molar-refractivity contribution in [1.29, 1.82) is 0 Å². The molecule has 1 heterocycles. The fourth-order valence-corrected chi connectivity index (χ4v) is 2.23. The lowest BCUT2D eigenvalue weighted by molar-refractivity contribution is -0.133. The summed E-state index contributed by atoms with van der Waals surface area (Å²) in [6, 6.07) is 0. The number of carbonyl (C=O) groups is 2. The summed E-state index contributed by atoms with van der Waals surface area (Å²) in [6.45, 7) is 1.04. The molecule has 0 aromatic carbocycles. The van der Waals surface area contributed by atoms with Gasteiger partial charge in [0.2, 0.25) is 0 Å². The van der Waals surface area contributed by atoms with E-state index in [1.807, 2.05) is 12.2 Å². The van der Waals surface area contributed by atoms with E-state index in [4.69, 9.17) is 4.74 Å². The molecule has 0 radical (unpaired) electrons. The Balaban J connectivity index is 1.86. The number of ether oxygens (including phenoxy) is 1. The molecule has 0 saturated heterocycles. The van der Waals surface area contributed by atoms with E-state index in [1.54, 1.807) is 0 Å². The summed E-state index contributed by atoms with van der Waals surface area (Å²) >= 11 is 0. The van der Waals surface area contributed by atoms with Gasteiger partial charge < -0.3 is 19.5 Å². The first-order chi connectivity index (χ1) is 8.75. The van der Waals surface area contributed by atoms with E-state index in [9.17, 15) is 14.7 Å². The summed E-state index contributed by atoms with van der Waals surface area (Å²) in [7, 11) is 0. The van der Waals surface area contributed by atoms with Gasteiger partial charge in [0, 0.05) is 24.1 Å². The third kappa shape index (κ3) is 2.52. The molecule has 0 aromatic rings. The molecule has 1 N–H and O–H groups in total. The molecule has 1 atom stereocenters. The third-order valence-electron chi connectivity index (χ3n) is 3.16. The lowest BCUT2D eigenvalue weighted by atomic mass is 9.99. The minimum absolute atomic E-state index is 0.0964. The standard InChI is InChI=1S/C13H17NO4/c15-7-3-8-18-9-6-14-12(16)10-4-1-2-5-11(10)13(14)17/h1,4,7,12,16H,2-3,5-6,8-9H2. The molecule has 0 fully saturated rings. The zero-order valence-electron chi connectivity index (χ0n) is 10.2. The molecular formula is C13H17NO4. The van der Waals surface area contributed by atoms with Crippen molar-refractivity contribution in [1.82, 2.24) is 4.90 Å². The SMILES string of the molecule is O=CCCOCCN1C(=O)C2=C(C=CCC2)C1O. The van der Waals surface area contributed by atoms with Gasteiger partial charge in [0.15, 0.2) is 6.23 Å². The van der Waals surface area contributed by atoms with Gasteiger partial charge in [0.1, 0.15) is 6.29 Å². The fraction of sp³-hybridized carbons (Fsp3) is 0.538. The van der Waals surface area contributed by atoms with Crippen LogP contribution < -0.4 is 0 Å². The highest BCUT2D eigenvalue weighted by molar-refractivity contribution is 5.98. The maximum atomic E-state index is 12.0. The number of amides is 1. The zero-order chi connectivity index (χ0) is 13.0. The van der Waals surface area contributed by atoms with E-state index in [1.165, 1.54) is 4.90 Å². The second-order valence-electron chi connectivity index (χ2n) is 4.31. The number of allylic oxidation sites excluding steroid dienone is 1. The topological polar surface area (TPSA) is 66.8 Å². The van der Waals surface area contributed by atoms with Gasteiger partial charge in [0.25, 0.3) is 5.91 Å². The number of aliphatic hydroxyl groups excluding tert-OH is 1. The van der Waals surface area contributed by atoms with Gasteiger partial charge in [-0.2, -0.15) is 0 Å². The Morgan fingerprint density at radius 2 is 2.33 bits per heavy atom. The molecule has 2 aliphatic rings. The van der Waals surface area contributed by atoms with Gasteiger partial charge in [-0.3, -0.25) is 4.79 Å². The number of aldehydes is 1. The quantitative estimate of drug-likeness (QED) is 0.548. The van der Waals surface area contributed by atoms with Crippen LogP contribution >= 0.6 is 0 Å². The predicted molar refractivity (Wildman–Crippen MR) is 64.6 cm³/mol. The van der Waals surface area contributed by atoms with Crippen LogP contribution in [0.1, 0.15) is 19.3 Å². The van der Waals surface area contributed by atoms with Crippen molar-refractivity contribution in [2.24, 2.45) is 0 Å². The lowest BCUT2D eigenvalue weighted by Gasteiger charge is -2.21. The first kappa shape index (κ1) is 13.0. The van der Waals surface area contributed by atoms with Crippen LogP contribution in [0.15, 0.2) is 23.3 Å². The Morgan fingerprint density at radius 1 is 1.50 bits per heavy atom. The Bertz CT molecular complexity index is 400. The van der Waals surface area contributed by atoms with Crippen LogP contribution in [0.2, 0.25) is 0 Å². The van der Waals surface area contributed by atoms with Crippen LogP contribution in [-0.4, -0.2) is 48.2 Å². The molecule has 0 aromatic heterocycles. The average Bonchev–Trinajstić information content (AvgIpc) is 2.64. The van der Waals surface area contributed by atoms with E-state index < -0.39 is 6.23 Å². The van der Waals surface area contributed by atoms with Gasteiger partial charge >= 0.3 is 0 Å². The largest absolute Gasteiger partial charge is 0.379 e. The van der Waals surface area contributed by atoms with E-state index in [-0.39, 0.29) is 5.91 Å². The van der Waals surface area contributed by atoms with Crippen molar-refractivity contribution in [2.45, 2.75) is 25.5 Å². The van der Waals surface area contributed by atoms with E-state index in [0.29, 0.717) is 32.6 Å². The minimum Gasteiger partial charge on any atom is -0.379 e. The monoisotopic (exact) mass is 251 g/mol. The average molecular weight is 251 g/mol. The lowest BCUT2D eigenvalue weighted by Crippen LogP contribution is -2.38. The number of hydrogen-bond donors (Lipinski definition) is 1. The molecule has 18 heavy (non-hydrogen) atoms. The minimum atomic E-state index is -0.848. The van der Waals surface area contributed by atoms with Gasteiger partial charge in [0.05, 0.1) is 13.2 Å². The molecule has 1 aliphatic heterocycles. The Labute approximate surface area is 106 Å². The summed E-state index contributed by atoms with van der Waals surface area (Å²) in [5.74, 6) is -0.0964. The van der Waals surface area contributed by atoms with Crippen LogP contribution in [0.25, 0.3) is 0 Å². The molecule has 1 amide bonds. The van der Waals surface area contributed by atoms with Gasteiger partial charge in [-0.25, -0.2) is 0 Å². The van der Waals surface area contributed by atoms with E-state index >= 15 is 0 Å². The Kier molecular flexibility index (Phi) is 4.28. The highest BCUT2D eigenvalue weighted by atomic mass is 16.5. The fourth-order valence-electron chi connectivity index (χ4n) is 2.23. The van der Waals surface area contributed by atoms with Crippen molar-refractivity contribution in [3.8, 4) is 0 Å². The van der Waals surface area contributed by atoms with Crippen LogP contribution in [-0.2, 0) is 14.3 Å². The Morgan fingerprint density at radius 3 is 3.06 bits per heavy atom. The molecule has 1 unspecified atom stereocenters. The second kappa shape index (κ2) is 5.93. The molecular weight excluding hydrogens is 234 g/mol. The summed E-state index contributed by atoms with van der Waals surface area (Å²) in [6.07, 6.45) is 5.65. The highest BCUT2D eigenvalue weighted by Gasteiger charge is 2.36. The second-order valence-corrected chi connectivity index (χ2v) is 4.31. The number of nitrogens with zero attached hydrogens (tertiary/aromatic N) is 1. The molecule has 5 heteroatoms. The van der Waals surface area contributed by atoms with Crippen molar-refractivity contribution >= 4 is 12.2 Å². The maximum Gasteiger partial charge on any atom is 0.252 e. The third-order valence-corrected chi connectivity index (χ3v) is 3.16. The molecule has 2 rings (SSSR count). The summed E-state index contributed by atoms with van der Waals surface area (Å²) in [5, 5.41) is 10.0. The predicted octanol–water partition coefficient (Wildman–Crippen LogP) is 0.399. The smallest absolute Gasteiger partial charge is 0.252 e. The molecule has 98 valence electrons. The first-order valence-electron chi connectivity index (χ1n) is 6.15. The molecule has 5 nitrogen and oxygen atoms in total. The van der Waals surface area contributed by atoms with Gasteiger partial charge in [-0.1, -0.05) is 12.2 Å². The molecule has 0 saturated carbocycles. The van der Waals surface area contributed by atoms with E-state index in [0.717, 1.165) is 23.9 Å². The summed E-state index contributed by atoms with van der Waals surface area (Å²) < 4.78 is 5.21. The van der Waals surface area contributed by atoms with Crippen molar-refractivity contribution in [3.63, 3.8) is 0 Å². The van der Waals surface area contributed by atoms with Crippen LogP contribution in [0.3, 0.4) is 0 Å². The maximum absolute atomic E-state index is 12.0. The van der Waals surface area contributed by atoms with Crippen molar-refractivity contribution in [3.05, 3.63) is 23.3 Å².